The molecule has 0 bridgehead atoms. The van der Waals surface area contributed by atoms with Gasteiger partial charge in [-0.25, -0.2) is 8.78 Å². The first-order valence-electron chi connectivity index (χ1n) is 6.00. The topological polar surface area (TPSA) is 12.0 Å². The van der Waals surface area contributed by atoms with Gasteiger partial charge in [-0.3, -0.25) is 0 Å². The van der Waals surface area contributed by atoms with E-state index in [1.165, 1.54) is 6.07 Å². The van der Waals surface area contributed by atoms with Gasteiger partial charge in [0.15, 0.2) is 11.6 Å². The Bertz CT molecular complexity index is 572. The summed E-state index contributed by atoms with van der Waals surface area (Å²) >= 11 is 3.48. The van der Waals surface area contributed by atoms with Crippen LogP contribution >= 0.6 is 15.9 Å². The maximum Gasteiger partial charge on any atom is 0.163 e. The second-order valence-electron chi connectivity index (χ2n) is 4.34. The summed E-state index contributed by atoms with van der Waals surface area (Å²) in [5.41, 5.74) is 1.42. The van der Waals surface area contributed by atoms with E-state index in [4.69, 9.17) is 0 Å². The second kappa shape index (κ2) is 6.26. The minimum Gasteiger partial charge on any atom is -0.306 e. The number of benzene rings is 2. The average molecular weight is 326 g/mol. The van der Waals surface area contributed by atoms with Gasteiger partial charge in [-0.1, -0.05) is 46.3 Å². The quantitative estimate of drug-likeness (QED) is 0.867. The van der Waals surface area contributed by atoms with Crippen molar-refractivity contribution < 1.29 is 8.78 Å². The van der Waals surface area contributed by atoms with E-state index >= 15 is 0 Å². The Hall–Kier alpha value is -1.26. The van der Waals surface area contributed by atoms with Crippen LogP contribution in [0.3, 0.4) is 0 Å². The van der Waals surface area contributed by atoms with E-state index in [0.29, 0.717) is 5.56 Å². The molecule has 2 rings (SSSR count). The van der Waals surface area contributed by atoms with Crippen molar-refractivity contribution in [3.05, 3.63) is 69.7 Å². The van der Waals surface area contributed by atoms with Crippen LogP contribution in [0.4, 0.5) is 8.78 Å². The minimum absolute atomic E-state index is 0.0400. The highest BCUT2D eigenvalue weighted by Gasteiger charge is 2.11. The molecule has 4 heteroatoms. The molecule has 0 aliphatic heterocycles. The Kier molecular flexibility index (Phi) is 4.66. The van der Waals surface area contributed by atoms with Crippen molar-refractivity contribution in [2.45, 2.75) is 19.5 Å². The van der Waals surface area contributed by atoms with Crippen LogP contribution in [0.25, 0.3) is 0 Å². The SMILES string of the molecule is C[C@@H](NCc1cccc(F)c1F)c1ccccc1Br. The van der Waals surface area contributed by atoms with Crippen molar-refractivity contribution in [2.75, 3.05) is 0 Å². The van der Waals surface area contributed by atoms with Crippen LogP contribution in [-0.2, 0) is 6.54 Å². The molecule has 0 heterocycles. The molecule has 1 atom stereocenters. The molecular weight excluding hydrogens is 312 g/mol. The fraction of sp³-hybridized carbons (Fsp3) is 0.200. The Balaban J connectivity index is 2.07. The summed E-state index contributed by atoms with van der Waals surface area (Å²) in [5, 5.41) is 3.19. The van der Waals surface area contributed by atoms with Crippen LogP contribution in [0.2, 0.25) is 0 Å². The molecule has 0 unspecified atom stereocenters. The first-order chi connectivity index (χ1) is 9.09. The lowest BCUT2D eigenvalue weighted by Gasteiger charge is -2.16. The van der Waals surface area contributed by atoms with Crippen molar-refractivity contribution in [3.8, 4) is 0 Å². The first kappa shape index (κ1) is 14.2. The van der Waals surface area contributed by atoms with Crippen molar-refractivity contribution in [1.82, 2.24) is 5.32 Å². The molecule has 1 nitrogen and oxygen atoms in total. The minimum atomic E-state index is -0.812. The van der Waals surface area contributed by atoms with Crippen molar-refractivity contribution in [3.63, 3.8) is 0 Å². The molecule has 0 aromatic heterocycles. The highest BCUT2D eigenvalue weighted by molar-refractivity contribution is 9.10. The lowest BCUT2D eigenvalue weighted by atomic mass is 10.1. The van der Waals surface area contributed by atoms with Gasteiger partial charge in [-0.15, -0.1) is 0 Å². The summed E-state index contributed by atoms with van der Waals surface area (Å²) in [4.78, 5) is 0. The van der Waals surface area contributed by atoms with E-state index in [0.717, 1.165) is 16.1 Å². The molecule has 1 N–H and O–H groups in total. The average Bonchev–Trinajstić information content (AvgIpc) is 2.40. The van der Waals surface area contributed by atoms with Gasteiger partial charge in [0.25, 0.3) is 0 Å². The molecule has 0 saturated carbocycles. The molecule has 19 heavy (non-hydrogen) atoms. The van der Waals surface area contributed by atoms with Gasteiger partial charge in [-0.05, 0) is 24.6 Å². The fourth-order valence-electron chi connectivity index (χ4n) is 1.88. The lowest BCUT2D eigenvalue weighted by Crippen LogP contribution is -2.19. The Morgan fingerprint density at radius 3 is 2.58 bits per heavy atom. The van der Waals surface area contributed by atoms with Crippen LogP contribution in [0.1, 0.15) is 24.1 Å². The van der Waals surface area contributed by atoms with Gasteiger partial charge in [0.05, 0.1) is 0 Å². The van der Waals surface area contributed by atoms with Gasteiger partial charge in [-0.2, -0.15) is 0 Å². The van der Waals surface area contributed by atoms with Gasteiger partial charge >= 0.3 is 0 Å². The Labute approximate surface area is 119 Å². The summed E-state index contributed by atoms with van der Waals surface area (Å²) in [6.07, 6.45) is 0. The molecule has 0 saturated heterocycles. The van der Waals surface area contributed by atoms with Gasteiger partial charge in [0.1, 0.15) is 0 Å². The lowest BCUT2D eigenvalue weighted by molar-refractivity contribution is 0.484. The zero-order valence-electron chi connectivity index (χ0n) is 10.5. The third kappa shape index (κ3) is 3.39. The zero-order chi connectivity index (χ0) is 13.8. The normalized spacial score (nSPS) is 12.4. The van der Waals surface area contributed by atoms with Crippen LogP contribution in [0.5, 0.6) is 0 Å². The van der Waals surface area contributed by atoms with Crippen LogP contribution < -0.4 is 5.32 Å². The summed E-state index contributed by atoms with van der Waals surface area (Å²) < 4.78 is 27.6. The number of nitrogens with one attached hydrogen (secondary N) is 1. The molecular formula is C15H14BrF2N. The third-order valence-corrected chi connectivity index (χ3v) is 3.72. The standard InChI is InChI=1S/C15H14BrF2N/c1-10(12-6-2-3-7-13(12)16)19-9-11-5-4-8-14(17)15(11)18/h2-8,10,19H,9H2,1H3/t10-/m1/s1. The molecule has 0 spiro atoms. The highest BCUT2D eigenvalue weighted by atomic mass is 79.9. The van der Waals surface area contributed by atoms with E-state index in [1.807, 2.05) is 31.2 Å². The van der Waals surface area contributed by atoms with E-state index in [2.05, 4.69) is 21.2 Å². The molecule has 0 radical (unpaired) electrons. The molecule has 0 fully saturated rings. The summed E-state index contributed by atoms with van der Waals surface area (Å²) in [6.45, 7) is 2.27. The van der Waals surface area contributed by atoms with Gasteiger partial charge in [0, 0.05) is 22.6 Å². The number of hydrogen-bond acceptors (Lipinski definition) is 1. The maximum atomic E-state index is 13.5. The van der Waals surface area contributed by atoms with Crippen LogP contribution in [-0.4, -0.2) is 0 Å². The molecule has 2 aromatic carbocycles. The van der Waals surface area contributed by atoms with E-state index < -0.39 is 11.6 Å². The largest absolute Gasteiger partial charge is 0.306 e. The van der Waals surface area contributed by atoms with E-state index in [9.17, 15) is 8.78 Å². The number of hydrogen-bond donors (Lipinski definition) is 1. The predicted molar refractivity (Wildman–Crippen MR) is 75.8 cm³/mol. The summed E-state index contributed by atoms with van der Waals surface area (Å²) in [5.74, 6) is -1.60. The van der Waals surface area contributed by atoms with E-state index in [-0.39, 0.29) is 12.6 Å². The van der Waals surface area contributed by atoms with Crippen molar-refractivity contribution >= 4 is 15.9 Å². The first-order valence-corrected chi connectivity index (χ1v) is 6.79. The van der Waals surface area contributed by atoms with E-state index in [1.54, 1.807) is 6.07 Å². The molecule has 2 aromatic rings. The van der Waals surface area contributed by atoms with Crippen LogP contribution in [0.15, 0.2) is 46.9 Å². The summed E-state index contributed by atoms with van der Waals surface area (Å²) in [7, 11) is 0. The smallest absolute Gasteiger partial charge is 0.163 e. The van der Waals surface area contributed by atoms with Crippen molar-refractivity contribution in [2.24, 2.45) is 0 Å². The summed E-state index contributed by atoms with van der Waals surface area (Å²) in [6, 6.07) is 12.1. The molecule has 0 amide bonds. The number of rotatable bonds is 4. The third-order valence-electron chi connectivity index (χ3n) is 3.00. The zero-order valence-corrected chi connectivity index (χ0v) is 12.0. The monoisotopic (exact) mass is 325 g/mol. The fourth-order valence-corrected chi connectivity index (χ4v) is 2.51. The van der Waals surface area contributed by atoms with Gasteiger partial charge in [0.2, 0.25) is 0 Å². The second-order valence-corrected chi connectivity index (χ2v) is 5.19. The Morgan fingerprint density at radius 1 is 1.11 bits per heavy atom. The molecule has 0 aliphatic carbocycles. The number of halogens is 3. The maximum absolute atomic E-state index is 13.5. The van der Waals surface area contributed by atoms with Gasteiger partial charge < -0.3 is 5.32 Å². The highest BCUT2D eigenvalue weighted by Crippen LogP contribution is 2.23. The van der Waals surface area contributed by atoms with Crippen molar-refractivity contribution in [1.29, 1.82) is 0 Å². The molecule has 0 aliphatic rings. The predicted octanol–water partition coefficient (Wildman–Crippen LogP) is 4.58. The molecule has 100 valence electrons. The Morgan fingerprint density at radius 2 is 1.84 bits per heavy atom. The van der Waals surface area contributed by atoms with Crippen LogP contribution in [0, 0.1) is 11.6 Å².